The highest BCUT2D eigenvalue weighted by Gasteiger charge is 2.29. The van der Waals surface area contributed by atoms with Crippen molar-refractivity contribution in [2.75, 3.05) is 11.9 Å². The SMILES string of the molecule is CC(C)(C)NC(=O)c1ccc(NC(=O)OCC(F)(F)F)cc1. The van der Waals surface area contributed by atoms with Gasteiger partial charge in [0.15, 0.2) is 6.61 Å². The minimum Gasteiger partial charge on any atom is -0.440 e. The highest BCUT2D eigenvalue weighted by atomic mass is 19.4. The van der Waals surface area contributed by atoms with Crippen molar-refractivity contribution in [3.05, 3.63) is 29.8 Å². The average Bonchev–Trinajstić information content (AvgIpc) is 2.34. The zero-order chi connectivity index (χ0) is 17.0. The molecule has 5 nitrogen and oxygen atoms in total. The number of rotatable bonds is 3. The molecular formula is C14H17F3N2O3. The lowest BCUT2D eigenvalue weighted by atomic mass is 10.1. The van der Waals surface area contributed by atoms with Crippen LogP contribution in [0.25, 0.3) is 0 Å². The number of nitrogens with one attached hydrogen (secondary N) is 2. The summed E-state index contributed by atoms with van der Waals surface area (Å²) >= 11 is 0. The van der Waals surface area contributed by atoms with Crippen molar-refractivity contribution < 1.29 is 27.5 Å². The third-order valence-electron chi connectivity index (χ3n) is 2.25. The van der Waals surface area contributed by atoms with E-state index in [1.165, 1.54) is 24.3 Å². The Morgan fingerprint density at radius 3 is 2.09 bits per heavy atom. The van der Waals surface area contributed by atoms with E-state index in [9.17, 15) is 22.8 Å². The Hall–Kier alpha value is -2.25. The molecule has 0 radical (unpaired) electrons. The summed E-state index contributed by atoms with van der Waals surface area (Å²) in [6, 6.07) is 5.68. The molecule has 2 amide bonds. The van der Waals surface area contributed by atoms with Crippen LogP contribution in [0, 0.1) is 0 Å². The minimum absolute atomic E-state index is 0.222. The maximum absolute atomic E-state index is 11.9. The van der Waals surface area contributed by atoms with Gasteiger partial charge in [-0.05, 0) is 45.0 Å². The number of amides is 2. The zero-order valence-electron chi connectivity index (χ0n) is 12.4. The topological polar surface area (TPSA) is 67.4 Å². The summed E-state index contributed by atoms with van der Waals surface area (Å²) < 4.78 is 39.6. The molecule has 22 heavy (non-hydrogen) atoms. The fourth-order valence-electron chi connectivity index (χ4n) is 1.42. The molecule has 1 aromatic carbocycles. The predicted octanol–water partition coefficient (Wildman–Crippen LogP) is 3.33. The Morgan fingerprint density at radius 1 is 1.09 bits per heavy atom. The Bertz CT molecular complexity index is 534. The van der Waals surface area contributed by atoms with Crippen molar-refractivity contribution in [2.45, 2.75) is 32.5 Å². The molecule has 0 aromatic heterocycles. The van der Waals surface area contributed by atoms with Gasteiger partial charge in [-0.15, -0.1) is 0 Å². The van der Waals surface area contributed by atoms with Crippen molar-refractivity contribution in [2.24, 2.45) is 0 Å². The number of hydrogen-bond acceptors (Lipinski definition) is 3. The molecule has 0 spiro atoms. The molecule has 0 heterocycles. The number of ether oxygens (including phenoxy) is 1. The molecule has 0 atom stereocenters. The monoisotopic (exact) mass is 318 g/mol. The van der Waals surface area contributed by atoms with Crippen LogP contribution in [0.5, 0.6) is 0 Å². The summed E-state index contributed by atoms with van der Waals surface area (Å²) in [6.45, 7) is 3.83. The Balaban J connectivity index is 2.58. The lowest BCUT2D eigenvalue weighted by molar-refractivity contribution is -0.159. The third-order valence-corrected chi connectivity index (χ3v) is 2.25. The van der Waals surface area contributed by atoms with E-state index in [0.717, 1.165) is 0 Å². The highest BCUT2D eigenvalue weighted by molar-refractivity contribution is 5.95. The van der Waals surface area contributed by atoms with Crippen LogP contribution in [0.3, 0.4) is 0 Å². The van der Waals surface area contributed by atoms with Gasteiger partial charge in [-0.2, -0.15) is 13.2 Å². The molecule has 0 bridgehead atoms. The van der Waals surface area contributed by atoms with Crippen molar-refractivity contribution in [3.8, 4) is 0 Å². The normalized spacial score (nSPS) is 11.7. The van der Waals surface area contributed by atoms with Gasteiger partial charge in [0.05, 0.1) is 0 Å². The summed E-state index contributed by atoms with van der Waals surface area (Å²) in [5, 5.41) is 4.89. The number of alkyl halides is 3. The first-order chi connectivity index (χ1) is 9.96. The van der Waals surface area contributed by atoms with Gasteiger partial charge in [-0.3, -0.25) is 10.1 Å². The largest absolute Gasteiger partial charge is 0.440 e. The second kappa shape index (κ2) is 6.67. The van der Waals surface area contributed by atoms with Gasteiger partial charge in [-0.1, -0.05) is 0 Å². The summed E-state index contributed by atoms with van der Waals surface area (Å²) in [5.74, 6) is -0.293. The Labute approximate surface area is 125 Å². The predicted molar refractivity (Wildman–Crippen MR) is 74.7 cm³/mol. The van der Waals surface area contributed by atoms with Crippen LogP contribution in [-0.2, 0) is 4.74 Å². The van der Waals surface area contributed by atoms with Gasteiger partial charge in [0.1, 0.15) is 0 Å². The molecular weight excluding hydrogens is 301 g/mol. The molecule has 122 valence electrons. The molecule has 0 saturated carbocycles. The lowest BCUT2D eigenvalue weighted by Crippen LogP contribution is -2.40. The second-order valence-electron chi connectivity index (χ2n) is 5.60. The summed E-state index contributed by atoms with van der Waals surface area (Å²) in [4.78, 5) is 23.0. The van der Waals surface area contributed by atoms with Crippen LogP contribution in [0.15, 0.2) is 24.3 Å². The van der Waals surface area contributed by atoms with Gasteiger partial charge in [0.25, 0.3) is 5.91 Å². The van der Waals surface area contributed by atoms with Crippen LogP contribution in [-0.4, -0.2) is 30.3 Å². The molecule has 0 aliphatic carbocycles. The molecule has 0 fully saturated rings. The smallest absolute Gasteiger partial charge is 0.422 e. The fourth-order valence-corrected chi connectivity index (χ4v) is 1.42. The van der Waals surface area contributed by atoms with Crippen molar-refractivity contribution in [1.29, 1.82) is 0 Å². The van der Waals surface area contributed by atoms with Crippen molar-refractivity contribution in [3.63, 3.8) is 0 Å². The zero-order valence-corrected chi connectivity index (χ0v) is 12.4. The van der Waals surface area contributed by atoms with Gasteiger partial charge in [-0.25, -0.2) is 4.79 Å². The quantitative estimate of drug-likeness (QED) is 0.898. The maximum atomic E-state index is 11.9. The van der Waals surface area contributed by atoms with E-state index < -0.39 is 24.4 Å². The van der Waals surface area contributed by atoms with Gasteiger partial charge in [0, 0.05) is 16.8 Å². The molecule has 1 aromatic rings. The van der Waals surface area contributed by atoms with E-state index in [1.807, 2.05) is 20.8 Å². The third kappa shape index (κ3) is 6.96. The second-order valence-corrected chi connectivity index (χ2v) is 5.60. The van der Waals surface area contributed by atoms with Crippen LogP contribution in [0.1, 0.15) is 31.1 Å². The first-order valence-corrected chi connectivity index (χ1v) is 6.39. The van der Waals surface area contributed by atoms with E-state index in [-0.39, 0.29) is 11.6 Å². The number of hydrogen-bond donors (Lipinski definition) is 2. The highest BCUT2D eigenvalue weighted by Crippen LogP contribution is 2.15. The van der Waals surface area contributed by atoms with Crippen molar-refractivity contribution >= 4 is 17.7 Å². The van der Waals surface area contributed by atoms with E-state index in [4.69, 9.17) is 0 Å². The fraction of sp³-hybridized carbons (Fsp3) is 0.429. The van der Waals surface area contributed by atoms with E-state index in [0.29, 0.717) is 5.56 Å². The summed E-state index contributed by atoms with van der Waals surface area (Å²) in [6.07, 6.45) is -5.80. The number of carbonyl (C=O) groups is 2. The van der Waals surface area contributed by atoms with Crippen LogP contribution in [0.4, 0.5) is 23.7 Å². The van der Waals surface area contributed by atoms with E-state index in [2.05, 4.69) is 15.4 Å². The van der Waals surface area contributed by atoms with E-state index >= 15 is 0 Å². The number of halogens is 3. The van der Waals surface area contributed by atoms with Gasteiger partial charge in [0.2, 0.25) is 0 Å². The molecule has 0 aliphatic rings. The summed E-state index contributed by atoms with van der Waals surface area (Å²) in [7, 11) is 0. The molecule has 1 rings (SSSR count). The van der Waals surface area contributed by atoms with Gasteiger partial charge < -0.3 is 10.1 Å². The number of carbonyl (C=O) groups excluding carboxylic acids is 2. The van der Waals surface area contributed by atoms with Gasteiger partial charge >= 0.3 is 12.3 Å². The number of benzene rings is 1. The Morgan fingerprint density at radius 2 is 1.64 bits per heavy atom. The minimum atomic E-state index is -4.58. The molecule has 0 aliphatic heterocycles. The standard InChI is InChI=1S/C14H17F3N2O3/c1-13(2,3)19-11(20)9-4-6-10(7-5-9)18-12(21)22-8-14(15,16)17/h4-7H,8H2,1-3H3,(H,18,21)(H,19,20). The molecule has 2 N–H and O–H groups in total. The average molecular weight is 318 g/mol. The summed E-state index contributed by atoms with van der Waals surface area (Å²) in [5.41, 5.74) is 0.193. The lowest BCUT2D eigenvalue weighted by Gasteiger charge is -2.20. The molecule has 0 unspecified atom stereocenters. The first kappa shape index (κ1) is 17.8. The Kier molecular flexibility index (Phi) is 5.40. The van der Waals surface area contributed by atoms with Crippen LogP contribution in [0.2, 0.25) is 0 Å². The van der Waals surface area contributed by atoms with E-state index in [1.54, 1.807) is 0 Å². The number of anilines is 1. The maximum Gasteiger partial charge on any atom is 0.422 e. The van der Waals surface area contributed by atoms with Crippen molar-refractivity contribution in [1.82, 2.24) is 5.32 Å². The molecule has 0 saturated heterocycles. The molecule has 8 heteroatoms. The first-order valence-electron chi connectivity index (χ1n) is 6.39. The van der Waals surface area contributed by atoms with Crippen LogP contribution >= 0.6 is 0 Å². The van der Waals surface area contributed by atoms with Crippen LogP contribution < -0.4 is 10.6 Å².